The molecule has 1 aromatic carbocycles. The Bertz CT molecular complexity index is 1150. The third-order valence-electron chi connectivity index (χ3n) is 4.49. The molecular weight excluding hydrogens is 394 g/mol. The molecule has 0 unspecified atom stereocenters. The molecule has 4 rings (SSSR count). The van der Waals surface area contributed by atoms with Crippen molar-refractivity contribution in [1.29, 1.82) is 5.26 Å². The summed E-state index contributed by atoms with van der Waals surface area (Å²) in [6.07, 6.45) is 0. The van der Waals surface area contributed by atoms with Gasteiger partial charge in [-0.2, -0.15) is 10.4 Å². The molecule has 0 atom stereocenters. The van der Waals surface area contributed by atoms with E-state index in [4.69, 9.17) is 22.0 Å². The van der Waals surface area contributed by atoms with E-state index in [9.17, 15) is 0 Å². The molecular formula is C21H16ClN3S2. The van der Waals surface area contributed by atoms with Crippen molar-refractivity contribution in [1.82, 2.24) is 9.78 Å². The van der Waals surface area contributed by atoms with E-state index in [1.54, 1.807) is 28.7 Å². The molecule has 3 heterocycles. The van der Waals surface area contributed by atoms with Crippen LogP contribution in [0.5, 0.6) is 0 Å². The zero-order valence-electron chi connectivity index (χ0n) is 14.9. The van der Waals surface area contributed by atoms with Gasteiger partial charge in [0.1, 0.15) is 6.07 Å². The second-order valence-corrected chi connectivity index (χ2v) is 8.78. The van der Waals surface area contributed by atoms with E-state index in [-0.39, 0.29) is 0 Å². The summed E-state index contributed by atoms with van der Waals surface area (Å²) in [6.45, 7) is 4.83. The number of hydrogen-bond acceptors (Lipinski definition) is 4. The largest absolute Gasteiger partial charge is 0.264 e. The first-order valence-electron chi connectivity index (χ1n) is 8.43. The molecule has 6 heteroatoms. The number of thiophene rings is 2. The number of rotatable bonds is 4. The summed E-state index contributed by atoms with van der Waals surface area (Å²) in [5.41, 5.74) is 4.62. The minimum absolute atomic E-state index is 0.473. The molecule has 3 aromatic heterocycles. The van der Waals surface area contributed by atoms with Gasteiger partial charge in [0.25, 0.3) is 0 Å². The number of hydrogen-bond donors (Lipinski definition) is 0. The Morgan fingerprint density at radius 2 is 2.00 bits per heavy atom. The summed E-state index contributed by atoms with van der Waals surface area (Å²) in [5.74, 6) is 0. The van der Waals surface area contributed by atoms with Crippen LogP contribution < -0.4 is 0 Å². The fraction of sp³-hybridized carbons (Fsp3) is 0.143. The number of benzene rings is 1. The van der Waals surface area contributed by atoms with E-state index in [0.29, 0.717) is 10.6 Å². The second-order valence-electron chi connectivity index (χ2n) is 6.25. The van der Waals surface area contributed by atoms with Crippen LogP contribution in [0.1, 0.15) is 21.8 Å². The Hall–Kier alpha value is -2.39. The van der Waals surface area contributed by atoms with Crippen LogP contribution in [-0.4, -0.2) is 9.78 Å². The monoisotopic (exact) mass is 409 g/mol. The molecule has 0 N–H and O–H groups in total. The highest BCUT2D eigenvalue weighted by molar-refractivity contribution is 7.21. The van der Waals surface area contributed by atoms with Crippen LogP contribution in [0.2, 0.25) is 5.02 Å². The third kappa shape index (κ3) is 3.44. The maximum Gasteiger partial charge on any atom is 0.101 e. The topological polar surface area (TPSA) is 41.6 Å². The lowest BCUT2D eigenvalue weighted by atomic mass is 10.0. The quantitative estimate of drug-likeness (QED) is 0.384. The third-order valence-corrected chi connectivity index (χ3v) is 6.94. The molecule has 4 aromatic rings. The van der Waals surface area contributed by atoms with Crippen LogP contribution in [0.25, 0.3) is 20.9 Å². The highest BCUT2D eigenvalue weighted by Crippen LogP contribution is 2.34. The average molecular weight is 410 g/mol. The molecule has 0 saturated carbocycles. The van der Waals surface area contributed by atoms with Gasteiger partial charge in [-0.25, -0.2) is 0 Å². The summed E-state index contributed by atoms with van der Waals surface area (Å²) in [5, 5.41) is 16.4. The fourth-order valence-corrected chi connectivity index (χ4v) is 5.24. The smallest absolute Gasteiger partial charge is 0.101 e. The van der Waals surface area contributed by atoms with Gasteiger partial charge in [-0.15, -0.1) is 22.7 Å². The van der Waals surface area contributed by atoms with Crippen molar-refractivity contribution >= 4 is 34.3 Å². The highest BCUT2D eigenvalue weighted by atomic mass is 35.5. The normalized spacial score (nSPS) is 10.9. The van der Waals surface area contributed by atoms with Crippen molar-refractivity contribution in [2.24, 2.45) is 0 Å². The van der Waals surface area contributed by atoms with Crippen molar-refractivity contribution in [2.75, 3.05) is 0 Å². The fourth-order valence-electron chi connectivity index (χ4n) is 3.19. The summed E-state index contributed by atoms with van der Waals surface area (Å²) in [7, 11) is 0. The molecule has 0 spiro atoms. The van der Waals surface area contributed by atoms with E-state index < -0.39 is 0 Å². The van der Waals surface area contributed by atoms with Gasteiger partial charge in [-0.05, 0) is 55.1 Å². The van der Waals surface area contributed by atoms with E-state index in [2.05, 4.69) is 42.6 Å². The zero-order chi connectivity index (χ0) is 19.0. The molecule has 0 saturated heterocycles. The van der Waals surface area contributed by atoms with Gasteiger partial charge in [-0.1, -0.05) is 23.7 Å². The Morgan fingerprint density at radius 3 is 2.70 bits per heavy atom. The lowest BCUT2D eigenvalue weighted by Gasteiger charge is -2.06. The van der Waals surface area contributed by atoms with Crippen LogP contribution in [0.15, 0.2) is 47.8 Å². The van der Waals surface area contributed by atoms with E-state index in [1.165, 1.54) is 14.6 Å². The van der Waals surface area contributed by atoms with Gasteiger partial charge >= 0.3 is 0 Å². The van der Waals surface area contributed by atoms with Crippen LogP contribution in [-0.2, 0) is 6.54 Å². The molecule has 0 bridgehead atoms. The Labute approximate surface area is 171 Å². The van der Waals surface area contributed by atoms with Crippen molar-refractivity contribution in [2.45, 2.75) is 20.4 Å². The molecule has 0 aliphatic rings. The van der Waals surface area contributed by atoms with Gasteiger partial charge in [-0.3, -0.25) is 4.68 Å². The van der Waals surface area contributed by atoms with Crippen molar-refractivity contribution in [3.05, 3.63) is 74.7 Å². The van der Waals surface area contributed by atoms with Gasteiger partial charge in [0.2, 0.25) is 0 Å². The molecule has 3 nitrogen and oxygen atoms in total. The predicted octanol–water partition coefficient (Wildman–Crippen LogP) is 6.53. The molecule has 0 aliphatic carbocycles. The van der Waals surface area contributed by atoms with E-state index in [0.717, 1.165) is 29.1 Å². The zero-order valence-corrected chi connectivity index (χ0v) is 17.3. The van der Waals surface area contributed by atoms with Gasteiger partial charge in [0.05, 0.1) is 22.8 Å². The lowest BCUT2D eigenvalue weighted by Crippen LogP contribution is -2.02. The Kier molecular flexibility index (Phi) is 4.88. The molecule has 0 amide bonds. The minimum atomic E-state index is 0.473. The van der Waals surface area contributed by atoms with Gasteiger partial charge in [0, 0.05) is 25.9 Å². The van der Waals surface area contributed by atoms with Crippen LogP contribution >= 0.6 is 34.3 Å². The molecule has 0 radical (unpaired) electrons. The SMILES string of the molecule is Cc1nn(Cc2ccc(-c3cccs3)s2)c(C)c1-c1ccc(C#N)c(Cl)c1. The van der Waals surface area contributed by atoms with E-state index >= 15 is 0 Å². The van der Waals surface area contributed by atoms with Gasteiger partial charge in [0.15, 0.2) is 0 Å². The molecule has 27 heavy (non-hydrogen) atoms. The number of nitriles is 1. The number of aromatic nitrogens is 2. The predicted molar refractivity (Wildman–Crippen MR) is 114 cm³/mol. The molecule has 0 fully saturated rings. The first kappa shape index (κ1) is 18.0. The number of aryl methyl sites for hydroxylation is 1. The Balaban J connectivity index is 1.65. The molecule has 0 aliphatic heterocycles. The Morgan fingerprint density at radius 1 is 1.15 bits per heavy atom. The van der Waals surface area contributed by atoms with Crippen LogP contribution in [0.4, 0.5) is 0 Å². The van der Waals surface area contributed by atoms with E-state index in [1.807, 2.05) is 23.7 Å². The van der Waals surface area contributed by atoms with Crippen molar-refractivity contribution < 1.29 is 0 Å². The average Bonchev–Trinajstić information content (AvgIpc) is 3.37. The van der Waals surface area contributed by atoms with Crippen molar-refractivity contribution in [3.8, 4) is 27.0 Å². The maximum atomic E-state index is 9.08. The maximum absolute atomic E-state index is 9.08. The summed E-state index contributed by atoms with van der Waals surface area (Å²) < 4.78 is 2.04. The number of nitrogens with zero attached hydrogens (tertiary/aromatic N) is 3. The summed E-state index contributed by atoms with van der Waals surface area (Å²) >= 11 is 9.79. The summed E-state index contributed by atoms with van der Waals surface area (Å²) in [6, 6.07) is 16.2. The van der Waals surface area contributed by atoms with Crippen LogP contribution in [0, 0.1) is 25.2 Å². The molecule has 134 valence electrons. The lowest BCUT2D eigenvalue weighted by molar-refractivity contribution is 0.666. The minimum Gasteiger partial charge on any atom is -0.264 e. The van der Waals surface area contributed by atoms with Crippen molar-refractivity contribution in [3.63, 3.8) is 0 Å². The van der Waals surface area contributed by atoms with Crippen LogP contribution in [0.3, 0.4) is 0 Å². The van der Waals surface area contributed by atoms with Gasteiger partial charge < -0.3 is 0 Å². The highest BCUT2D eigenvalue weighted by Gasteiger charge is 2.15. The first-order valence-corrected chi connectivity index (χ1v) is 10.5. The number of halogens is 1. The summed E-state index contributed by atoms with van der Waals surface area (Å²) in [4.78, 5) is 3.86. The first-order chi connectivity index (χ1) is 13.1. The standard InChI is InChI=1S/C21H16ClN3S2/c1-13-21(15-5-6-16(11-23)18(22)10-15)14(2)25(24-13)12-17-7-8-20(27-17)19-4-3-9-26-19/h3-10H,12H2,1-2H3. The second kappa shape index (κ2) is 7.32.